The molecule has 0 aliphatic carbocycles. The monoisotopic (exact) mass is 242 g/mol. The molecule has 0 bridgehead atoms. The van der Waals surface area contributed by atoms with E-state index in [9.17, 15) is 0 Å². The topological polar surface area (TPSA) is 0 Å². The Bertz CT molecular complexity index is 466. The molecule has 0 aliphatic heterocycles. The van der Waals surface area contributed by atoms with E-state index < -0.39 is 0 Å². The largest absolute Gasteiger partial charge is 0.0901 e. The zero-order valence-electron chi connectivity index (χ0n) is 10.6. The summed E-state index contributed by atoms with van der Waals surface area (Å²) in [5.74, 6) is 0.605. The summed E-state index contributed by atoms with van der Waals surface area (Å²) in [6.07, 6.45) is 0. The first-order valence-corrected chi connectivity index (χ1v) is 6.81. The van der Waals surface area contributed by atoms with Crippen LogP contribution in [0.1, 0.15) is 30.9 Å². The molecule has 0 spiro atoms. The van der Waals surface area contributed by atoms with E-state index in [0.29, 0.717) is 5.92 Å². The number of rotatable bonds is 3. The van der Waals surface area contributed by atoms with Crippen LogP contribution in [0.2, 0.25) is 0 Å². The summed E-state index contributed by atoms with van der Waals surface area (Å²) in [5.41, 5.74) is 2.71. The van der Waals surface area contributed by atoms with Crippen molar-refractivity contribution in [1.82, 2.24) is 0 Å². The van der Waals surface area contributed by atoms with Gasteiger partial charge in [0.05, 0.1) is 0 Å². The molecule has 0 fully saturated rings. The first-order valence-electron chi connectivity index (χ1n) is 5.99. The maximum atomic E-state index is 2.22. The van der Waals surface area contributed by atoms with Gasteiger partial charge in [-0.05, 0) is 42.7 Å². The summed E-state index contributed by atoms with van der Waals surface area (Å²) in [7, 11) is 0. The third-order valence-corrected chi connectivity index (χ3v) is 3.82. The molecule has 88 valence electrons. The van der Waals surface area contributed by atoms with E-state index in [1.807, 2.05) is 11.8 Å². The molecule has 0 atom stereocenters. The molecule has 0 heterocycles. The quantitative estimate of drug-likeness (QED) is 0.706. The van der Waals surface area contributed by atoms with E-state index in [1.165, 1.54) is 20.9 Å². The number of aryl methyl sites for hydroxylation is 1. The van der Waals surface area contributed by atoms with Crippen LogP contribution in [0.25, 0.3) is 0 Å². The third kappa shape index (κ3) is 3.37. The average molecular weight is 242 g/mol. The van der Waals surface area contributed by atoms with E-state index in [0.717, 1.165) is 0 Å². The van der Waals surface area contributed by atoms with Gasteiger partial charge < -0.3 is 0 Å². The van der Waals surface area contributed by atoms with Crippen LogP contribution in [0.5, 0.6) is 0 Å². The predicted octanol–water partition coefficient (Wildman–Crippen LogP) is 5.27. The highest BCUT2D eigenvalue weighted by atomic mass is 32.2. The number of hydrogen-bond donors (Lipinski definition) is 0. The lowest BCUT2D eigenvalue weighted by atomic mass is 10.0. The van der Waals surface area contributed by atoms with Crippen LogP contribution in [0, 0.1) is 6.92 Å². The molecule has 2 rings (SSSR count). The Morgan fingerprint density at radius 3 is 1.71 bits per heavy atom. The van der Waals surface area contributed by atoms with Gasteiger partial charge in [0, 0.05) is 9.79 Å². The molecule has 0 saturated heterocycles. The van der Waals surface area contributed by atoms with Crippen molar-refractivity contribution in [2.24, 2.45) is 0 Å². The molecule has 1 heteroatoms. The van der Waals surface area contributed by atoms with Gasteiger partial charge >= 0.3 is 0 Å². The maximum absolute atomic E-state index is 2.22. The lowest BCUT2D eigenvalue weighted by molar-refractivity contribution is 0.865. The minimum atomic E-state index is 0.605. The Kier molecular flexibility index (Phi) is 3.90. The van der Waals surface area contributed by atoms with E-state index in [4.69, 9.17) is 0 Å². The molecule has 17 heavy (non-hydrogen) atoms. The molecule has 0 aromatic heterocycles. The highest BCUT2D eigenvalue weighted by Gasteiger charge is 2.00. The van der Waals surface area contributed by atoms with Crippen LogP contribution in [0.4, 0.5) is 0 Å². The van der Waals surface area contributed by atoms with Gasteiger partial charge in [0.25, 0.3) is 0 Å². The fourth-order valence-corrected chi connectivity index (χ4v) is 2.48. The molecule has 0 nitrogen and oxygen atoms in total. The van der Waals surface area contributed by atoms with Gasteiger partial charge in [-0.25, -0.2) is 0 Å². The predicted molar refractivity (Wildman–Crippen MR) is 75.8 cm³/mol. The van der Waals surface area contributed by atoms with Gasteiger partial charge in [-0.3, -0.25) is 0 Å². The zero-order chi connectivity index (χ0) is 12.3. The van der Waals surface area contributed by atoms with Crippen molar-refractivity contribution in [3.63, 3.8) is 0 Å². The Balaban J connectivity index is 2.11. The second-order valence-electron chi connectivity index (χ2n) is 4.64. The summed E-state index contributed by atoms with van der Waals surface area (Å²) in [6.45, 7) is 6.57. The van der Waals surface area contributed by atoms with Crippen molar-refractivity contribution >= 4 is 11.8 Å². The molecule has 2 aromatic carbocycles. The minimum Gasteiger partial charge on any atom is -0.0901 e. The van der Waals surface area contributed by atoms with Crippen LogP contribution in [0.15, 0.2) is 58.3 Å². The lowest BCUT2D eigenvalue weighted by Crippen LogP contribution is -1.85. The first kappa shape index (κ1) is 12.3. The van der Waals surface area contributed by atoms with Gasteiger partial charge in [-0.2, -0.15) is 0 Å². The Morgan fingerprint density at radius 1 is 0.765 bits per heavy atom. The Labute approximate surface area is 108 Å². The number of benzene rings is 2. The molecule has 0 saturated carbocycles. The van der Waals surface area contributed by atoms with E-state index in [2.05, 4.69) is 69.3 Å². The summed E-state index contributed by atoms with van der Waals surface area (Å²) in [5, 5.41) is 0. The van der Waals surface area contributed by atoms with E-state index in [-0.39, 0.29) is 0 Å². The summed E-state index contributed by atoms with van der Waals surface area (Å²) in [4.78, 5) is 2.60. The van der Waals surface area contributed by atoms with E-state index in [1.54, 1.807) is 0 Å². The Hall–Kier alpha value is -1.21. The van der Waals surface area contributed by atoms with Gasteiger partial charge in [-0.15, -0.1) is 0 Å². The van der Waals surface area contributed by atoms with Crippen molar-refractivity contribution in [1.29, 1.82) is 0 Å². The maximum Gasteiger partial charge on any atom is 0.0122 e. The summed E-state index contributed by atoms with van der Waals surface area (Å²) in [6, 6.07) is 17.5. The standard InChI is InChI=1S/C16H18S/c1-12(2)14-6-10-16(11-7-14)17-15-8-4-13(3)5-9-15/h4-12H,1-3H3. The van der Waals surface area contributed by atoms with Crippen molar-refractivity contribution < 1.29 is 0 Å². The van der Waals surface area contributed by atoms with E-state index >= 15 is 0 Å². The highest BCUT2D eigenvalue weighted by molar-refractivity contribution is 7.99. The zero-order valence-corrected chi connectivity index (χ0v) is 11.4. The van der Waals surface area contributed by atoms with Gasteiger partial charge in [-0.1, -0.05) is 55.4 Å². The first-order chi connectivity index (χ1) is 8.15. The van der Waals surface area contributed by atoms with Crippen molar-refractivity contribution in [2.75, 3.05) is 0 Å². The normalized spacial score (nSPS) is 10.8. The number of hydrogen-bond acceptors (Lipinski definition) is 1. The second kappa shape index (κ2) is 5.42. The highest BCUT2D eigenvalue weighted by Crippen LogP contribution is 2.28. The third-order valence-electron chi connectivity index (χ3n) is 2.80. The lowest BCUT2D eigenvalue weighted by Gasteiger charge is -2.06. The second-order valence-corrected chi connectivity index (χ2v) is 5.79. The van der Waals surface area contributed by atoms with Crippen LogP contribution < -0.4 is 0 Å². The average Bonchev–Trinajstić information content (AvgIpc) is 2.33. The molecular weight excluding hydrogens is 224 g/mol. The van der Waals surface area contributed by atoms with Crippen molar-refractivity contribution in [3.05, 3.63) is 59.7 Å². The fraction of sp³-hybridized carbons (Fsp3) is 0.250. The molecule has 0 aliphatic rings. The van der Waals surface area contributed by atoms with Gasteiger partial charge in [0.15, 0.2) is 0 Å². The molecule has 0 radical (unpaired) electrons. The molecule has 2 aromatic rings. The van der Waals surface area contributed by atoms with Crippen molar-refractivity contribution in [3.8, 4) is 0 Å². The van der Waals surface area contributed by atoms with Crippen LogP contribution in [-0.4, -0.2) is 0 Å². The van der Waals surface area contributed by atoms with Crippen molar-refractivity contribution in [2.45, 2.75) is 36.5 Å². The van der Waals surface area contributed by atoms with Crippen LogP contribution >= 0.6 is 11.8 Å². The molecule has 0 N–H and O–H groups in total. The van der Waals surface area contributed by atoms with Crippen LogP contribution in [0.3, 0.4) is 0 Å². The van der Waals surface area contributed by atoms with Gasteiger partial charge in [0.2, 0.25) is 0 Å². The van der Waals surface area contributed by atoms with Gasteiger partial charge in [0.1, 0.15) is 0 Å². The molecular formula is C16H18S. The van der Waals surface area contributed by atoms with Crippen LogP contribution in [-0.2, 0) is 0 Å². The summed E-state index contributed by atoms with van der Waals surface area (Å²) >= 11 is 1.82. The molecule has 0 unspecified atom stereocenters. The Morgan fingerprint density at radius 2 is 1.24 bits per heavy atom. The fourth-order valence-electron chi connectivity index (χ4n) is 1.66. The molecule has 0 amide bonds. The smallest absolute Gasteiger partial charge is 0.0122 e. The summed E-state index contributed by atoms with van der Waals surface area (Å²) < 4.78 is 0. The SMILES string of the molecule is Cc1ccc(Sc2ccc(C(C)C)cc2)cc1. The minimum absolute atomic E-state index is 0.605.